The Labute approximate surface area is 587 Å². The van der Waals surface area contributed by atoms with E-state index in [0.717, 1.165) is 38.5 Å². The van der Waals surface area contributed by atoms with Crippen LogP contribution < -0.4 is 0 Å². The summed E-state index contributed by atoms with van der Waals surface area (Å²) in [4.78, 5) is 43.9. The number of hydrogen-bond acceptors (Lipinski definition) is 4. The predicted octanol–water partition coefficient (Wildman–Crippen LogP) is 25.5. The first-order valence-corrected chi connectivity index (χ1v) is 35.3. The maximum Gasteiger partial charge on any atom is 0.160 e. The number of benzene rings is 8. The highest BCUT2D eigenvalue weighted by Crippen LogP contribution is 2.34. The van der Waals surface area contributed by atoms with Crippen LogP contribution in [0.15, 0.2) is 194 Å². The average molecular weight is 1300 g/mol. The highest BCUT2D eigenvalue weighted by Gasteiger charge is 2.24. The fraction of sp³-hybridized carbons (Fsp3) is 0.435. The molecule has 0 spiro atoms. The number of ketones is 4. The van der Waals surface area contributed by atoms with E-state index in [4.69, 9.17) is 0 Å². The van der Waals surface area contributed by atoms with Gasteiger partial charge in [-0.1, -0.05) is 354 Å². The highest BCUT2D eigenvalue weighted by atomic mass is 16.1. The monoisotopic (exact) mass is 1300 g/mol. The van der Waals surface area contributed by atoms with Crippen LogP contribution in [0.5, 0.6) is 0 Å². The summed E-state index contributed by atoms with van der Waals surface area (Å²) in [6.45, 7) is 59.7. The van der Waals surface area contributed by atoms with Gasteiger partial charge in [0.25, 0.3) is 0 Å². The van der Waals surface area contributed by atoms with Crippen molar-refractivity contribution in [2.45, 2.75) is 265 Å². The first-order valence-electron chi connectivity index (χ1n) is 35.3. The van der Waals surface area contributed by atoms with Gasteiger partial charge in [0.2, 0.25) is 0 Å². The van der Waals surface area contributed by atoms with E-state index in [1.54, 1.807) is 48.5 Å². The molecule has 0 bridgehead atoms. The van der Waals surface area contributed by atoms with Crippen LogP contribution in [0.4, 0.5) is 0 Å². The Hall–Kier alpha value is -7.56. The van der Waals surface area contributed by atoms with Gasteiger partial charge in [-0.3, -0.25) is 19.2 Å². The zero-order valence-corrected chi connectivity index (χ0v) is 65.4. The smallest absolute Gasteiger partial charge is 0.160 e. The maximum absolute atomic E-state index is 11.0. The summed E-state index contributed by atoms with van der Waals surface area (Å²) in [6.07, 6.45) is 6.89. The van der Waals surface area contributed by atoms with Gasteiger partial charge in [-0.05, 0) is 172 Å². The summed E-state index contributed by atoms with van der Waals surface area (Å²) in [6, 6.07) is 66.5. The van der Waals surface area contributed by atoms with Crippen molar-refractivity contribution >= 4 is 23.1 Å². The van der Waals surface area contributed by atoms with Gasteiger partial charge in [-0.25, -0.2) is 0 Å². The van der Waals surface area contributed by atoms with E-state index in [1.165, 1.54) is 94.5 Å². The van der Waals surface area contributed by atoms with Gasteiger partial charge in [0.15, 0.2) is 23.1 Å². The Bertz CT molecular complexity index is 3360. The minimum Gasteiger partial charge on any atom is -0.295 e. The molecule has 0 atom stereocenters. The highest BCUT2D eigenvalue weighted by molar-refractivity contribution is 6.07. The molecule has 0 heterocycles. The molecule has 0 aliphatic heterocycles. The van der Waals surface area contributed by atoms with Crippen molar-refractivity contribution in [2.75, 3.05) is 0 Å². The number of Topliss-reactive ketones (excluding diaryl/α,β-unsaturated/α-hetero) is 4. The normalized spacial score (nSPS) is 11.1. The Morgan fingerprint density at radius 2 is 0.521 bits per heavy atom. The third kappa shape index (κ3) is 32.5. The average Bonchev–Trinajstić information content (AvgIpc) is 0.824. The van der Waals surface area contributed by atoms with Crippen molar-refractivity contribution in [3.05, 3.63) is 283 Å². The Kier molecular flexibility index (Phi) is 36.8. The van der Waals surface area contributed by atoms with Crippen LogP contribution in [0.3, 0.4) is 0 Å². The van der Waals surface area contributed by atoms with E-state index in [1.807, 2.05) is 0 Å². The SMILES string of the molecule is CC(=O)c1cccc(C(C)=O)c1.CC(=O)c1ccccc1C(C)=O.CC(C)(C)c1ccc(C(C)(C)C)cc1.CC(C)(C)c1cccc(C(C)(C)C)c1.CC(C)(C)c1ccccc1C(C)(C)C.CCc1ccc(CC)cc1.CCc1cccc(CC)c1.CCc1ccccc1CC. The van der Waals surface area contributed by atoms with E-state index >= 15 is 0 Å². The van der Waals surface area contributed by atoms with Crippen LogP contribution in [0.2, 0.25) is 0 Å². The molecule has 0 unspecified atom stereocenters. The lowest BCUT2D eigenvalue weighted by Crippen LogP contribution is -2.21. The van der Waals surface area contributed by atoms with E-state index in [-0.39, 0.29) is 55.6 Å². The molecule has 0 aliphatic rings. The molecule has 96 heavy (non-hydrogen) atoms. The van der Waals surface area contributed by atoms with Gasteiger partial charge in [0, 0.05) is 22.3 Å². The second-order valence-corrected chi connectivity index (χ2v) is 31.1. The fourth-order valence-corrected chi connectivity index (χ4v) is 10.1. The first kappa shape index (κ1) is 86.5. The molecule has 0 saturated heterocycles. The summed E-state index contributed by atoms with van der Waals surface area (Å²) < 4.78 is 0. The number of hydrogen-bond donors (Lipinski definition) is 0. The number of carbonyl (C=O) groups excluding carboxylic acids is 4. The van der Waals surface area contributed by atoms with Gasteiger partial charge >= 0.3 is 0 Å². The number of rotatable bonds is 10. The largest absolute Gasteiger partial charge is 0.295 e. The van der Waals surface area contributed by atoms with Crippen molar-refractivity contribution < 1.29 is 19.2 Å². The van der Waals surface area contributed by atoms with Crippen LogP contribution in [0.25, 0.3) is 0 Å². The topological polar surface area (TPSA) is 68.3 Å². The van der Waals surface area contributed by atoms with Gasteiger partial charge in [-0.2, -0.15) is 0 Å². The summed E-state index contributed by atoms with van der Waals surface area (Å²) in [5, 5.41) is 0. The second kappa shape index (κ2) is 40.9. The Balaban J connectivity index is 0.000000550. The van der Waals surface area contributed by atoms with Crippen LogP contribution >= 0.6 is 0 Å². The van der Waals surface area contributed by atoms with Crippen molar-refractivity contribution in [1.29, 1.82) is 0 Å². The van der Waals surface area contributed by atoms with Crippen LogP contribution in [-0.4, -0.2) is 23.1 Å². The Morgan fingerprint density at radius 1 is 0.240 bits per heavy atom. The molecule has 0 aliphatic carbocycles. The van der Waals surface area contributed by atoms with Crippen LogP contribution in [-0.2, 0) is 71.0 Å². The second-order valence-electron chi connectivity index (χ2n) is 31.1. The van der Waals surface area contributed by atoms with Crippen molar-refractivity contribution in [2.24, 2.45) is 0 Å². The lowest BCUT2D eigenvalue weighted by atomic mass is 9.75. The molecule has 4 heteroatoms. The molecule has 0 N–H and O–H groups in total. The Morgan fingerprint density at radius 3 is 0.781 bits per heavy atom. The molecular formula is C92H128O4. The lowest BCUT2D eigenvalue weighted by Gasteiger charge is -2.29. The predicted molar refractivity (Wildman–Crippen MR) is 420 cm³/mol. The van der Waals surface area contributed by atoms with Gasteiger partial charge in [0.05, 0.1) is 0 Å². The van der Waals surface area contributed by atoms with Crippen LogP contribution in [0.1, 0.15) is 302 Å². The summed E-state index contributed by atoms with van der Waals surface area (Å²) in [7, 11) is 0. The maximum atomic E-state index is 11.0. The minimum atomic E-state index is -0.0687. The molecule has 0 fully saturated rings. The standard InChI is InChI=1S/3C14H22.2C10H10O2.3C10H14/c1-13(2,3)11-7-9-12(10-8-11)14(4,5)6;1-13(2,3)11-8-7-9-12(10-11)14(4,5)6;1-13(2,3)11-9-7-8-10-12(11)14(4,5)6;1-7(11)9-4-3-5-10(6-9)8(2)12;1-7(11)9-5-3-4-6-10(9)8(2)12;1-3-9-5-7-10(4-2)8-6-9;1-3-9-6-5-7-10(4-2)8-9;1-3-9-7-5-6-8-10(9)4-2/h3*7-10H,1-6H3;2*3-6H,1-2H3;3*5-8H,3-4H2,1-2H3. The lowest BCUT2D eigenvalue weighted by molar-refractivity contribution is 0.0981. The quantitative estimate of drug-likeness (QED) is 0.128. The molecule has 4 nitrogen and oxygen atoms in total. The van der Waals surface area contributed by atoms with E-state index in [0.29, 0.717) is 22.3 Å². The zero-order valence-electron chi connectivity index (χ0n) is 65.4. The summed E-state index contributed by atoms with van der Waals surface area (Å²) >= 11 is 0. The molecular weight excluding hydrogens is 1170 g/mol. The van der Waals surface area contributed by atoms with Gasteiger partial charge in [-0.15, -0.1) is 0 Å². The van der Waals surface area contributed by atoms with Crippen molar-refractivity contribution in [3.63, 3.8) is 0 Å². The molecule has 8 aromatic rings. The summed E-state index contributed by atoms with van der Waals surface area (Å²) in [5.41, 5.74) is 21.0. The molecule has 8 aromatic carbocycles. The van der Waals surface area contributed by atoms with Crippen molar-refractivity contribution in [1.82, 2.24) is 0 Å². The first-order chi connectivity index (χ1) is 44.5. The number of carbonyl (C=O) groups is 4. The van der Waals surface area contributed by atoms with Gasteiger partial charge in [0.1, 0.15) is 0 Å². The zero-order chi connectivity index (χ0) is 73.4. The fourth-order valence-electron chi connectivity index (χ4n) is 10.1. The van der Waals surface area contributed by atoms with Crippen LogP contribution in [0, 0.1) is 0 Å². The molecule has 8 rings (SSSR count). The molecule has 520 valence electrons. The number of aryl methyl sites for hydroxylation is 6. The van der Waals surface area contributed by atoms with E-state index in [9.17, 15) is 19.2 Å². The third-order valence-electron chi connectivity index (χ3n) is 16.6. The van der Waals surface area contributed by atoms with E-state index in [2.05, 4.69) is 312 Å². The molecule has 0 amide bonds. The third-order valence-corrected chi connectivity index (χ3v) is 16.6. The summed E-state index contributed by atoms with van der Waals surface area (Å²) in [5.74, 6) is -0.169. The van der Waals surface area contributed by atoms with Crippen molar-refractivity contribution in [3.8, 4) is 0 Å². The molecule has 0 radical (unpaired) electrons. The molecule has 0 aromatic heterocycles. The van der Waals surface area contributed by atoms with Gasteiger partial charge < -0.3 is 0 Å². The molecule has 0 saturated carbocycles. The minimum absolute atomic E-state index is 0.0156. The van der Waals surface area contributed by atoms with E-state index < -0.39 is 0 Å².